The maximum Gasteiger partial charge on any atom is 0.0990 e. The quantitative estimate of drug-likeness (QED) is 0.845. The van der Waals surface area contributed by atoms with Gasteiger partial charge in [-0.15, -0.1) is 6.58 Å². The lowest BCUT2D eigenvalue weighted by Crippen LogP contribution is -1.95. The summed E-state index contributed by atoms with van der Waals surface area (Å²) in [5, 5.41) is 10.7. The van der Waals surface area contributed by atoms with Crippen molar-refractivity contribution in [2.45, 2.75) is 6.10 Å². The van der Waals surface area contributed by atoms with E-state index in [1.165, 1.54) is 6.08 Å². The van der Waals surface area contributed by atoms with Crippen molar-refractivity contribution in [3.63, 3.8) is 0 Å². The molecule has 1 aromatic heterocycles. The fourth-order valence-corrected chi connectivity index (χ4v) is 1.98. The van der Waals surface area contributed by atoms with Crippen molar-refractivity contribution in [3.8, 4) is 0 Å². The fourth-order valence-electron chi connectivity index (χ4n) is 1.53. The van der Waals surface area contributed by atoms with E-state index in [2.05, 4.69) is 27.5 Å². The molecule has 0 aliphatic carbocycles. The van der Waals surface area contributed by atoms with Crippen molar-refractivity contribution in [2.75, 3.05) is 0 Å². The Morgan fingerprint density at radius 2 is 2.20 bits per heavy atom. The molecule has 1 aromatic carbocycles. The fraction of sp³-hybridized carbons (Fsp3) is 0.0833. The zero-order chi connectivity index (χ0) is 10.8. The van der Waals surface area contributed by atoms with Crippen LogP contribution in [0.25, 0.3) is 10.9 Å². The molecular formula is C12H10BrNO. The van der Waals surface area contributed by atoms with Crippen molar-refractivity contribution in [1.29, 1.82) is 0 Å². The smallest absolute Gasteiger partial charge is 0.0990 e. The van der Waals surface area contributed by atoms with E-state index in [-0.39, 0.29) is 0 Å². The van der Waals surface area contributed by atoms with E-state index in [0.29, 0.717) is 0 Å². The van der Waals surface area contributed by atoms with Crippen molar-refractivity contribution in [3.05, 3.63) is 53.2 Å². The highest BCUT2D eigenvalue weighted by molar-refractivity contribution is 9.10. The molecule has 0 saturated carbocycles. The van der Waals surface area contributed by atoms with Crippen LogP contribution in [0.15, 0.2) is 47.6 Å². The molecule has 0 fully saturated rings. The Morgan fingerprint density at radius 1 is 1.40 bits per heavy atom. The molecular weight excluding hydrogens is 254 g/mol. The van der Waals surface area contributed by atoms with Crippen LogP contribution in [0.5, 0.6) is 0 Å². The predicted molar refractivity (Wildman–Crippen MR) is 64.6 cm³/mol. The third-order valence-corrected chi connectivity index (χ3v) is 2.98. The summed E-state index contributed by atoms with van der Waals surface area (Å²) >= 11 is 3.45. The van der Waals surface area contributed by atoms with Gasteiger partial charge in [0.15, 0.2) is 0 Å². The molecule has 0 amide bonds. The number of aliphatic hydroxyl groups is 1. The predicted octanol–water partition coefficient (Wildman–Crippen LogP) is 3.22. The van der Waals surface area contributed by atoms with Gasteiger partial charge in [0.2, 0.25) is 0 Å². The van der Waals surface area contributed by atoms with Crippen LogP contribution in [0.1, 0.15) is 11.7 Å². The van der Waals surface area contributed by atoms with Gasteiger partial charge in [-0.05, 0) is 12.1 Å². The second-order valence-corrected chi connectivity index (χ2v) is 4.07. The van der Waals surface area contributed by atoms with Crippen LogP contribution in [0.2, 0.25) is 0 Å². The standard InChI is InChI=1S/C12H10BrNO/c1-2-11(15)9-5-6-10(13)8-4-3-7-14-12(8)9/h2-7,11,15H,1H2. The molecule has 2 rings (SSSR count). The zero-order valence-electron chi connectivity index (χ0n) is 8.02. The third-order valence-electron chi connectivity index (χ3n) is 2.29. The van der Waals surface area contributed by atoms with Crippen LogP contribution in [0, 0.1) is 0 Å². The van der Waals surface area contributed by atoms with Crippen LogP contribution < -0.4 is 0 Å². The lowest BCUT2D eigenvalue weighted by atomic mass is 10.1. The minimum Gasteiger partial charge on any atom is -0.384 e. The van der Waals surface area contributed by atoms with Crippen LogP contribution in [0.4, 0.5) is 0 Å². The number of benzene rings is 1. The van der Waals surface area contributed by atoms with Gasteiger partial charge in [-0.2, -0.15) is 0 Å². The molecule has 0 saturated heterocycles. The number of fused-ring (bicyclic) bond motifs is 1. The van der Waals surface area contributed by atoms with Gasteiger partial charge in [-0.25, -0.2) is 0 Å². The first kappa shape index (κ1) is 10.3. The highest BCUT2D eigenvalue weighted by atomic mass is 79.9. The number of rotatable bonds is 2. The molecule has 0 aliphatic rings. The Kier molecular flexibility index (Phi) is 2.84. The maximum atomic E-state index is 9.74. The monoisotopic (exact) mass is 263 g/mol. The molecule has 2 nitrogen and oxygen atoms in total. The van der Waals surface area contributed by atoms with E-state index < -0.39 is 6.10 Å². The first-order valence-electron chi connectivity index (χ1n) is 4.58. The van der Waals surface area contributed by atoms with Crippen LogP contribution in [-0.4, -0.2) is 10.1 Å². The SMILES string of the molecule is C=CC(O)c1ccc(Br)c2cccnc12. The lowest BCUT2D eigenvalue weighted by Gasteiger charge is -2.09. The second-order valence-electron chi connectivity index (χ2n) is 3.22. The first-order valence-corrected chi connectivity index (χ1v) is 5.37. The minimum atomic E-state index is -0.671. The average molecular weight is 264 g/mol. The second kappa shape index (κ2) is 4.13. The molecule has 0 spiro atoms. The van der Waals surface area contributed by atoms with Crippen LogP contribution >= 0.6 is 15.9 Å². The first-order chi connectivity index (χ1) is 7.24. The number of aromatic nitrogens is 1. The summed E-state index contributed by atoms with van der Waals surface area (Å²) in [6.45, 7) is 3.58. The summed E-state index contributed by atoms with van der Waals surface area (Å²) in [6, 6.07) is 7.60. The topological polar surface area (TPSA) is 33.1 Å². The Balaban J connectivity index is 2.77. The molecule has 1 unspecified atom stereocenters. The Hall–Kier alpha value is -1.19. The molecule has 0 bridgehead atoms. The highest BCUT2D eigenvalue weighted by Crippen LogP contribution is 2.28. The lowest BCUT2D eigenvalue weighted by molar-refractivity contribution is 0.230. The molecule has 0 radical (unpaired) electrons. The van der Waals surface area contributed by atoms with Gasteiger partial charge in [0.25, 0.3) is 0 Å². The van der Waals surface area contributed by atoms with Crippen molar-refractivity contribution in [2.24, 2.45) is 0 Å². The normalized spacial score (nSPS) is 12.7. The summed E-state index contributed by atoms with van der Waals surface area (Å²) < 4.78 is 0.977. The Bertz CT molecular complexity index is 510. The van der Waals surface area contributed by atoms with E-state index in [0.717, 1.165) is 20.9 Å². The van der Waals surface area contributed by atoms with Gasteiger partial charge in [-0.3, -0.25) is 4.98 Å². The molecule has 3 heteroatoms. The highest BCUT2D eigenvalue weighted by Gasteiger charge is 2.10. The van der Waals surface area contributed by atoms with Crippen LogP contribution in [0.3, 0.4) is 0 Å². The molecule has 15 heavy (non-hydrogen) atoms. The van der Waals surface area contributed by atoms with Gasteiger partial charge in [0.1, 0.15) is 0 Å². The molecule has 2 aromatic rings. The van der Waals surface area contributed by atoms with E-state index in [1.54, 1.807) is 6.20 Å². The van der Waals surface area contributed by atoms with Gasteiger partial charge < -0.3 is 5.11 Å². The molecule has 1 heterocycles. The van der Waals surface area contributed by atoms with Gasteiger partial charge in [0.05, 0.1) is 11.6 Å². The number of nitrogens with zero attached hydrogens (tertiary/aromatic N) is 1. The van der Waals surface area contributed by atoms with Crippen molar-refractivity contribution < 1.29 is 5.11 Å². The van der Waals surface area contributed by atoms with E-state index >= 15 is 0 Å². The van der Waals surface area contributed by atoms with Crippen molar-refractivity contribution >= 4 is 26.8 Å². The maximum absolute atomic E-state index is 9.74. The largest absolute Gasteiger partial charge is 0.384 e. The van der Waals surface area contributed by atoms with Crippen LogP contribution in [-0.2, 0) is 0 Å². The van der Waals surface area contributed by atoms with E-state index in [4.69, 9.17) is 0 Å². The minimum absolute atomic E-state index is 0.671. The Labute approximate surface area is 96.4 Å². The Morgan fingerprint density at radius 3 is 2.93 bits per heavy atom. The summed E-state index contributed by atoms with van der Waals surface area (Å²) in [6.07, 6.45) is 2.54. The molecule has 76 valence electrons. The van der Waals surface area contributed by atoms with Gasteiger partial charge >= 0.3 is 0 Å². The number of hydrogen-bond acceptors (Lipinski definition) is 2. The number of halogens is 1. The van der Waals surface area contributed by atoms with Gasteiger partial charge in [-0.1, -0.05) is 34.1 Å². The molecule has 1 atom stereocenters. The third kappa shape index (κ3) is 1.80. The summed E-state index contributed by atoms with van der Waals surface area (Å²) in [5.41, 5.74) is 1.59. The zero-order valence-corrected chi connectivity index (χ0v) is 9.61. The molecule has 1 N–H and O–H groups in total. The summed E-state index contributed by atoms with van der Waals surface area (Å²) in [4.78, 5) is 4.27. The number of hydrogen-bond donors (Lipinski definition) is 1. The number of aliphatic hydroxyl groups excluding tert-OH is 1. The summed E-state index contributed by atoms with van der Waals surface area (Å²) in [5.74, 6) is 0. The number of pyridine rings is 1. The molecule has 0 aliphatic heterocycles. The van der Waals surface area contributed by atoms with Crippen molar-refractivity contribution in [1.82, 2.24) is 4.98 Å². The van der Waals surface area contributed by atoms with Gasteiger partial charge in [0, 0.05) is 21.6 Å². The average Bonchev–Trinajstić information content (AvgIpc) is 2.29. The van der Waals surface area contributed by atoms with E-state index in [9.17, 15) is 5.11 Å². The van der Waals surface area contributed by atoms with E-state index in [1.807, 2.05) is 24.3 Å². The summed E-state index contributed by atoms with van der Waals surface area (Å²) in [7, 11) is 0.